The second kappa shape index (κ2) is 10.8. The number of carbonyl (C=O) groups is 2. The predicted octanol–water partition coefficient (Wildman–Crippen LogP) is 1.96. The zero-order valence-electron chi connectivity index (χ0n) is 17.9. The van der Waals surface area contributed by atoms with E-state index in [1.807, 2.05) is 36.9 Å². The van der Waals surface area contributed by atoms with Crippen LogP contribution in [0.25, 0.3) is 6.08 Å². The summed E-state index contributed by atoms with van der Waals surface area (Å²) in [5.74, 6) is 0.0329. The Bertz CT molecular complexity index is 823. The van der Waals surface area contributed by atoms with Crippen LogP contribution in [0.5, 0.6) is 0 Å². The molecule has 2 amide bonds. The van der Waals surface area contributed by atoms with Crippen molar-refractivity contribution in [2.45, 2.75) is 26.3 Å². The van der Waals surface area contributed by atoms with Crippen LogP contribution >= 0.6 is 0 Å². The Morgan fingerprint density at radius 2 is 1.90 bits per heavy atom. The van der Waals surface area contributed by atoms with Gasteiger partial charge in [-0.25, -0.2) is 0 Å². The number of hydrogen-bond donors (Lipinski definition) is 1. The van der Waals surface area contributed by atoms with Crippen molar-refractivity contribution < 1.29 is 18.9 Å². The van der Waals surface area contributed by atoms with Crippen LogP contribution < -0.4 is 4.90 Å². The second-order valence-electron chi connectivity index (χ2n) is 8.00. The molecule has 0 atom stereocenters. The number of carbonyl (C=O) groups excluding carboxylic acids is 2. The number of rotatable bonds is 8. The van der Waals surface area contributed by atoms with Crippen LogP contribution in [0.3, 0.4) is 0 Å². The Morgan fingerprint density at radius 3 is 2.53 bits per heavy atom. The summed E-state index contributed by atoms with van der Waals surface area (Å²) in [6.07, 6.45) is 7.67. The third-order valence-corrected chi connectivity index (χ3v) is 5.56. The highest BCUT2D eigenvalue weighted by Gasteiger charge is 2.25. The number of nitrogens with one attached hydrogen (secondary N) is 1. The Balaban J connectivity index is 1.42. The highest BCUT2D eigenvalue weighted by molar-refractivity contribution is 5.94. The van der Waals surface area contributed by atoms with Crippen molar-refractivity contribution >= 4 is 17.9 Å². The summed E-state index contributed by atoms with van der Waals surface area (Å²) in [4.78, 5) is 30.5. The molecule has 0 unspecified atom stereocenters. The van der Waals surface area contributed by atoms with Gasteiger partial charge < -0.3 is 19.1 Å². The Labute approximate surface area is 178 Å². The molecule has 0 spiro atoms. The van der Waals surface area contributed by atoms with E-state index in [9.17, 15) is 9.59 Å². The molecule has 3 rings (SSSR count). The van der Waals surface area contributed by atoms with Gasteiger partial charge in [-0.15, -0.1) is 0 Å². The lowest BCUT2D eigenvalue weighted by atomic mass is 10.2. The van der Waals surface area contributed by atoms with Crippen molar-refractivity contribution in [1.82, 2.24) is 9.80 Å². The Kier molecular flexibility index (Phi) is 7.85. The normalized spacial score (nSPS) is 15.1. The predicted molar refractivity (Wildman–Crippen MR) is 117 cm³/mol. The fraction of sp³-hybridized carbons (Fsp3) is 0.417. The van der Waals surface area contributed by atoms with Crippen molar-refractivity contribution in [2.24, 2.45) is 0 Å². The van der Waals surface area contributed by atoms with Crippen molar-refractivity contribution in [2.75, 3.05) is 39.3 Å². The molecule has 0 radical (unpaired) electrons. The molecule has 0 bridgehead atoms. The van der Waals surface area contributed by atoms with Gasteiger partial charge in [-0.2, -0.15) is 0 Å². The van der Waals surface area contributed by atoms with Gasteiger partial charge in [-0.05, 0) is 31.6 Å². The van der Waals surface area contributed by atoms with Crippen LogP contribution in [0.15, 0.2) is 59.4 Å². The van der Waals surface area contributed by atoms with Crippen molar-refractivity contribution in [3.63, 3.8) is 0 Å². The van der Waals surface area contributed by atoms with Gasteiger partial charge >= 0.3 is 0 Å². The molecule has 6 heteroatoms. The highest BCUT2D eigenvalue weighted by atomic mass is 16.3. The van der Waals surface area contributed by atoms with Crippen molar-refractivity contribution in [3.05, 3.63) is 66.1 Å². The van der Waals surface area contributed by atoms with E-state index in [1.54, 1.807) is 11.0 Å². The van der Waals surface area contributed by atoms with Gasteiger partial charge in [0.2, 0.25) is 5.91 Å². The largest absolute Gasteiger partial charge is 0.472 e. The average molecular weight is 411 g/mol. The SMILES string of the molecule is CC(C)N(CCC(=O)N1CC[NH+](C/C=C/c2ccccc2)CC1)C(=O)c1ccoc1. The first kappa shape index (κ1) is 21.8. The summed E-state index contributed by atoms with van der Waals surface area (Å²) < 4.78 is 5.02. The molecule has 1 N–H and O–H groups in total. The quantitative estimate of drug-likeness (QED) is 0.724. The monoisotopic (exact) mass is 410 g/mol. The van der Waals surface area contributed by atoms with Gasteiger partial charge in [-0.1, -0.05) is 36.4 Å². The number of furan rings is 1. The van der Waals surface area contributed by atoms with Gasteiger partial charge in [0.15, 0.2) is 0 Å². The van der Waals surface area contributed by atoms with E-state index in [4.69, 9.17) is 4.42 Å². The first-order valence-corrected chi connectivity index (χ1v) is 10.7. The van der Waals surface area contributed by atoms with Crippen LogP contribution in [0.1, 0.15) is 36.2 Å². The molecule has 1 aliphatic rings. The van der Waals surface area contributed by atoms with Crippen LogP contribution in [0.2, 0.25) is 0 Å². The van der Waals surface area contributed by atoms with Crippen molar-refractivity contribution in [3.8, 4) is 0 Å². The molecule has 160 valence electrons. The van der Waals surface area contributed by atoms with E-state index < -0.39 is 0 Å². The molecule has 0 aliphatic carbocycles. The zero-order valence-corrected chi connectivity index (χ0v) is 17.9. The molecule has 30 heavy (non-hydrogen) atoms. The van der Waals surface area contributed by atoms with E-state index in [0.717, 1.165) is 32.7 Å². The maximum Gasteiger partial charge on any atom is 0.257 e. The van der Waals surface area contributed by atoms with Crippen LogP contribution in [-0.4, -0.2) is 66.9 Å². The van der Waals surface area contributed by atoms with E-state index >= 15 is 0 Å². The van der Waals surface area contributed by atoms with Crippen LogP contribution in [-0.2, 0) is 4.79 Å². The first-order valence-electron chi connectivity index (χ1n) is 10.7. The number of amides is 2. The maximum atomic E-state index is 12.7. The van der Waals surface area contributed by atoms with Crippen molar-refractivity contribution in [1.29, 1.82) is 0 Å². The fourth-order valence-corrected chi connectivity index (χ4v) is 3.72. The first-order chi connectivity index (χ1) is 14.5. The third kappa shape index (κ3) is 6.07. The van der Waals surface area contributed by atoms with Crippen LogP contribution in [0, 0.1) is 0 Å². The third-order valence-electron chi connectivity index (χ3n) is 5.56. The average Bonchev–Trinajstić information content (AvgIpc) is 3.29. The zero-order chi connectivity index (χ0) is 21.3. The molecule has 1 fully saturated rings. The molecule has 1 saturated heterocycles. The molecule has 2 aromatic rings. The molecular formula is C24H32N3O3+. The number of piperazine rings is 1. The minimum atomic E-state index is -0.0917. The summed E-state index contributed by atoms with van der Waals surface area (Å²) in [5, 5.41) is 0. The van der Waals surface area contributed by atoms with Gasteiger partial charge in [0.05, 0.1) is 44.6 Å². The fourth-order valence-electron chi connectivity index (χ4n) is 3.72. The lowest BCUT2D eigenvalue weighted by molar-refractivity contribution is -0.898. The molecule has 0 saturated carbocycles. The lowest BCUT2D eigenvalue weighted by Gasteiger charge is -2.33. The smallest absolute Gasteiger partial charge is 0.257 e. The minimum absolute atomic E-state index is 0.0258. The Morgan fingerprint density at radius 1 is 1.17 bits per heavy atom. The summed E-state index contributed by atoms with van der Waals surface area (Å²) in [6, 6.07) is 12.0. The highest BCUT2D eigenvalue weighted by Crippen LogP contribution is 2.10. The number of nitrogens with zero attached hydrogens (tertiary/aromatic N) is 2. The molecule has 6 nitrogen and oxygen atoms in total. The summed E-state index contributed by atoms with van der Waals surface area (Å²) >= 11 is 0. The Hall–Kier alpha value is -2.86. The number of quaternary nitrogens is 1. The maximum absolute atomic E-state index is 12.7. The number of hydrogen-bond acceptors (Lipinski definition) is 3. The topological polar surface area (TPSA) is 58.2 Å². The standard InChI is InChI=1S/C24H31N3O3/c1-20(2)27(24(29)22-11-18-30-19-22)13-10-23(28)26-16-14-25(15-17-26)12-6-9-21-7-4-3-5-8-21/h3-9,11,18-20H,10,12-17H2,1-2H3/p+1/b9-6+. The summed E-state index contributed by atoms with van der Waals surface area (Å²) in [7, 11) is 0. The minimum Gasteiger partial charge on any atom is -0.472 e. The van der Waals surface area contributed by atoms with E-state index in [0.29, 0.717) is 18.5 Å². The summed E-state index contributed by atoms with van der Waals surface area (Å²) in [5.41, 5.74) is 1.74. The lowest BCUT2D eigenvalue weighted by Crippen LogP contribution is -3.14. The van der Waals surface area contributed by atoms with Crippen LogP contribution in [0.4, 0.5) is 0 Å². The molecule has 2 heterocycles. The second-order valence-corrected chi connectivity index (χ2v) is 8.00. The molecule has 1 aliphatic heterocycles. The summed E-state index contributed by atoms with van der Waals surface area (Å²) in [6.45, 7) is 8.76. The van der Waals surface area contributed by atoms with E-state index in [2.05, 4.69) is 24.3 Å². The molecular weight excluding hydrogens is 378 g/mol. The van der Waals surface area contributed by atoms with E-state index in [1.165, 1.54) is 23.0 Å². The van der Waals surface area contributed by atoms with Gasteiger partial charge in [0.25, 0.3) is 5.91 Å². The van der Waals surface area contributed by atoms with Gasteiger partial charge in [0.1, 0.15) is 6.26 Å². The van der Waals surface area contributed by atoms with Gasteiger partial charge in [0, 0.05) is 19.0 Å². The molecule has 1 aromatic carbocycles. The van der Waals surface area contributed by atoms with E-state index in [-0.39, 0.29) is 17.9 Å². The number of benzene rings is 1. The molecule has 1 aromatic heterocycles. The van der Waals surface area contributed by atoms with Gasteiger partial charge in [-0.3, -0.25) is 9.59 Å².